The van der Waals surface area contributed by atoms with Crippen molar-refractivity contribution in [3.8, 4) is 17.6 Å². The van der Waals surface area contributed by atoms with E-state index in [0.717, 1.165) is 4.31 Å². The summed E-state index contributed by atoms with van der Waals surface area (Å²) < 4.78 is 31.8. The number of hydrogen-bond acceptors (Lipinski definition) is 5. The maximum absolute atomic E-state index is 12.9. The molecule has 0 aromatic heterocycles. The molecule has 2 aromatic rings. The van der Waals surface area contributed by atoms with Gasteiger partial charge in [0, 0.05) is 10.6 Å². The highest BCUT2D eigenvalue weighted by Crippen LogP contribution is 2.36. The topological polar surface area (TPSA) is 101 Å². The fourth-order valence-electron chi connectivity index (χ4n) is 2.98. The van der Waals surface area contributed by atoms with Gasteiger partial charge in [-0.3, -0.25) is 4.79 Å². The third-order valence-electron chi connectivity index (χ3n) is 4.16. The molecule has 0 spiro atoms. The van der Waals surface area contributed by atoms with Crippen LogP contribution in [0.15, 0.2) is 41.3 Å². The number of benzene rings is 2. The Kier molecular flexibility index (Phi) is 5.54. The summed E-state index contributed by atoms with van der Waals surface area (Å²) in [5, 5.41) is 9.17. The number of hydrogen-bond donors (Lipinski definition) is 1. The first-order chi connectivity index (χ1) is 13.9. The number of ether oxygens (including phenoxy) is 1. The molecular weight excluding hydrogens is 430 g/mol. The average Bonchev–Trinajstić information content (AvgIpc) is 2.84. The molecule has 9 heteroatoms. The second-order valence-corrected chi connectivity index (χ2v) is 9.72. The Hall–Kier alpha value is -3.02. The molecule has 0 radical (unpaired) electrons. The minimum absolute atomic E-state index is 0.0948. The van der Waals surface area contributed by atoms with E-state index in [1.807, 2.05) is 0 Å². The van der Waals surface area contributed by atoms with Crippen molar-refractivity contribution in [2.24, 2.45) is 0 Å². The quantitative estimate of drug-likeness (QED) is 0.725. The van der Waals surface area contributed by atoms with Gasteiger partial charge in [-0.15, -0.1) is 0 Å². The number of carbonyl (C=O) groups excluding carboxylic acids is 1. The van der Waals surface area contributed by atoms with Gasteiger partial charge in [0.1, 0.15) is 10.6 Å². The third-order valence-corrected chi connectivity index (χ3v) is 6.48. The fraction of sp³-hybridized carbons (Fsp3) is 0.238. The highest BCUT2D eigenvalue weighted by molar-refractivity contribution is 7.90. The number of amides is 1. The van der Waals surface area contributed by atoms with Crippen LogP contribution in [0.5, 0.6) is 5.75 Å². The number of rotatable bonds is 3. The van der Waals surface area contributed by atoms with E-state index in [0.29, 0.717) is 16.1 Å². The van der Waals surface area contributed by atoms with Crippen LogP contribution in [0.4, 0.5) is 0 Å². The standard InChI is InChI=1S/C21H18ClNO6S/c1-21(2,3)23-20(26)16-8-5-13(10-18(16)30(23,27)28)4-6-14-11-15(22)7-9-17(14)29-12-19(24)25/h5,7-11H,12H2,1-3H3,(H,24,25). The Morgan fingerprint density at radius 2 is 1.87 bits per heavy atom. The largest absolute Gasteiger partial charge is 0.481 e. The van der Waals surface area contributed by atoms with Gasteiger partial charge in [-0.25, -0.2) is 17.5 Å². The van der Waals surface area contributed by atoms with Crippen LogP contribution in [-0.4, -0.2) is 41.9 Å². The Morgan fingerprint density at radius 1 is 1.17 bits per heavy atom. The van der Waals surface area contributed by atoms with Gasteiger partial charge < -0.3 is 9.84 Å². The zero-order valence-electron chi connectivity index (χ0n) is 16.4. The molecule has 156 valence electrons. The van der Waals surface area contributed by atoms with Gasteiger partial charge in [0.25, 0.3) is 15.9 Å². The van der Waals surface area contributed by atoms with Crippen LogP contribution in [0.2, 0.25) is 5.02 Å². The molecular formula is C21H18ClNO6S. The first-order valence-corrected chi connectivity index (χ1v) is 10.6. The summed E-state index contributed by atoms with van der Waals surface area (Å²) in [5.74, 6) is 4.16. The van der Waals surface area contributed by atoms with E-state index >= 15 is 0 Å². The Labute approximate surface area is 179 Å². The zero-order chi connectivity index (χ0) is 22.3. The molecule has 0 saturated carbocycles. The number of carbonyl (C=O) groups is 2. The lowest BCUT2D eigenvalue weighted by atomic mass is 10.1. The SMILES string of the molecule is CC(C)(C)N1C(=O)c2ccc(C#Cc3cc(Cl)ccc3OCC(=O)O)cc2S1(=O)=O. The van der Waals surface area contributed by atoms with E-state index in [4.69, 9.17) is 21.4 Å². The summed E-state index contributed by atoms with van der Waals surface area (Å²) in [5.41, 5.74) is -0.0916. The summed E-state index contributed by atoms with van der Waals surface area (Å²) in [6.07, 6.45) is 0. The van der Waals surface area contributed by atoms with Crippen molar-refractivity contribution in [1.82, 2.24) is 4.31 Å². The molecule has 1 N–H and O–H groups in total. The fourth-order valence-corrected chi connectivity index (χ4v) is 5.09. The molecule has 7 nitrogen and oxygen atoms in total. The molecule has 2 aromatic carbocycles. The molecule has 0 aliphatic carbocycles. The molecule has 1 aliphatic rings. The van der Waals surface area contributed by atoms with Crippen LogP contribution in [-0.2, 0) is 14.8 Å². The summed E-state index contributed by atoms with van der Waals surface area (Å²) >= 11 is 5.99. The predicted octanol–water partition coefficient (Wildman–Crippen LogP) is 3.15. The predicted molar refractivity (Wildman–Crippen MR) is 110 cm³/mol. The van der Waals surface area contributed by atoms with Gasteiger partial charge in [0.2, 0.25) is 0 Å². The zero-order valence-corrected chi connectivity index (χ0v) is 18.0. The lowest BCUT2D eigenvalue weighted by molar-refractivity contribution is -0.139. The van der Waals surface area contributed by atoms with Gasteiger partial charge in [0.05, 0.1) is 16.7 Å². The highest BCUT2D eigenvalue weighted by atomic mass is 35.5. The maximum atomic E-state index is 12.9. The smallest absolute Gasteiger partial charge is 0.341 e. The van der Waals surface area contributed by atoms with Crippen LogP contribution < -0.4 is 4.74 Å². The van der Waals surface area contributed by atoms with Crippen LogP contribution in [0.3, 0.4) is 0 Å². The molecule has 30 heavy (non-hydrogen) atoms. The number of aliphatic carboxylic acids is 1. The number of nitrogens with zero attached hydrogens (tertiary/aromatic N) is 1. The van der Waals surface area contributed by atoms with Gasteiger partial charge >= 0.3 is 5.97 Å². The van der Waals surface area contributed by atoms with Crippen LogP contribution in [0.1, 0.15) is 42.3 Å². The van der Waals surface area contributed by atoms with Crippen LogP contribution in [0, 0.1) is 11.8 Å². The minimum atomic E-state index is -3.99. The van der Waals surface area contributed by atoms with Crippen molar-refractivity contribution in [3.63, 3.8) is 0 Å². The third kappa shape index (κ3) is 4.13. The highest BCUT2D eigenvalue weighted by Gasteiger charge is 2.46. The second kappa shape index (κ2) is 7.67. The number of halogens is 1. The normalized spacial score (nSPS) is 14.7. The number of carboxylic acid groups (broad SMARTS) is 1. The Balaban J connectivity index is 2.01. The van der Waals surface area contributed by atoms with E-state index in [2.05, 4.69) is 11.8 Å². The Morgan fingerprint density at radius 3 is 2.50 bits per heavy atom. The summed E-state index contributed by atoms with van der Waals surface area (Å²) in [7, 11) is -3.99. The molecule has 0 atom stereocenters. The molecule has 1 aliphatic heterocycles. The summed E-state index contributed by atoms with van der Waals surface area (Å²) in [6.45, 7) is 4.39. The van der Waals surface area contributed by atoms with Crippen molar-refractivity contribution >= 4 is 33.5 Å². The van der Waals surface area contributed by atoms with E-state index in [-0.39, 0.29) is 16.2 Å². The number of fused-ring (bicyclic) bond motifs is 1. The first kappa shape index (κ1) is 21.7. The van der Waals surface area contributed by atoms with Crippen molar-refractivity contribution in [1.29, 1.82) is 0 Å². The van der Waals surface area contributed by atoms with Crippen molar-refractivity contribution in [2.45, 2.75) is 31.2 Å². The number of carboxylic acids is 1. The lowest BCUT2D eigenvalue weighted by Gasteiger charge is -2.29. The lowest BCUT2D eigenvalue weighted by Crippen LogP contribution is -2.45. The molecule has 0 unspecified atom stereocenters. The van der Waals surface area contributed by atoms with E-state index < -0.39 is 34.0 Å². The van der Waals surface area contributed by atoms with Crippen LogP contribution in [0.25, 0.3) is 0 Å². The Bertz CT molecular complexity index is 1220. The average molecular weight is 448 g/mol. The molecule has 0 bridgehead atoms. The van der Waals surface area contributed by atoms with Gasteiger partial charge in [-0.2, -0.15) is 0 Å². The first-order valence-electron chi connectivity index (χ1n) is 8.81. The number of sulfonamides is 1. The van der Waals surface area contributed by atoms with E-state index in [1.165, 1.54) is 24.3 Å². The van der Waals surface area contributed by atoms with Gasteiger partial charge in [0.15, 0.2) is 6.61 Å². The van der Waals surface area contributed by atoms with Gasteiger partial charge in [-0.1, -0.05) is 23.4 Å². The van der Waals surface area contributed by atoms with E-state index in [9.17, 15) is 18.0 Å². The van der Waals surface area contributed by atoms with Crippen molar-refractivity contribution in [2.75, 3.05) is 6.61 Å². The molecule has 0 saturated heterocycles. The van der Waals surface area contributed by atoms with Crippen molar-refractivity contribution in [3.05, 3.63) is 58.1 Å². The monoisotopic (exact) mass is 447 g/mol. The van der Waals surface area contributed by atoms with Crippen LogP contribution >= 0.6 is 11.6 Å². The van der Waals surface area contributed by atoms with E-state index in [1.54, 1.807) is 32.9 Å². The minimum Gasteiger partial charge on any atom is -0.481 e. The second-order valence-electron chi connectivity index (χ2n) is 7.53. The van der Waals surface area contributed by atoms with Crippen molar-refractivity contribution < 1.29 is 27.9 Å². The summed E-state index contributed by atoms with van der Waals surface area (Å²) in [6, 6.07) is 8.89. The molecule has 1 amide bonds. The maximum Gasteiger partial charge on any atom is 0.341 e. The molecule has 0 fully saturated rings. The molecule has 3 rings (SSSR count). The summed E-state index contributed by atoms with van der Waals surface area (Å²) in [4.78, 5) is 23.2. The molecule has 1 heterocycles. The van der Waals surface area contributed by atoms with Gasteiger partial charge in [-0.05, 0) is 57.2 Å².